The molecule has 1 aliphatic rings. The molecule has 5 heteroatoms. The normalized spacial score (nSPS) is 15.2. The van der Waals surface area contributed by atoms with Crippen molar-refractivity contribution < 1.29 is 0 Å². The maximum Gasteiger partial charge on any atom is 0.267 e. The van der Waals surface area contributed by atoms with Gasteiger partial charge in [0.1, 0.15) is 0 Å². The zero-order valence-electron chi connectivity index (χ0n) is 7.90. The van der Waals surface area contributed by atoms with Crippen LogP contribution >= 0.6 is 11.8 Å². The van der Waals surface area contributed by atoms with Gasteiger partial charge in [-0.05, 0) is 11.3 Å². The molecule has 0 aliphatic carbocycles. The van der Waals surface area contributed by atoms with Gasteiger partial charge in [0.15, 0.2) is 0 Å². The van der Waals surface area contributed by atoms with Gasteiger partial charge in [-0.2, -0.15) is 16.9 Å². The van der Waals surface area contributed by atoms with E-state index in [1.807, 2.05) is 11.8 Å². The summed E-state index contributed by atoms with van der Waals surface area (Å²) in [6.07, 6.45) is 0.963. The maximum atomic E-state index is 11.5. The zero-order valence-corrected chi connectivity index (χ0v) is 8.72. The van der Waals surface area contributed by atoms with Crippen molar-refractivity contribution in [3.63, 3.8) is 0 Å². The number of fused-ring (bicyclic) bond motifs is 1. The summed E-state index contributed by atoms with van der Waals surface area (Å²) in [5, 5.41) is 4.31. The van der Waals surface area contributed by atoms with Crippen LogP contribution in [0.4, 0.5) is 0 Å². The van der Waals surface area contributed by atoms with Crippen LogP contribution < -0.4 is 11.3 Å². The van der Waals surface area contributed by atoms with Gasteiger partial charge in [-0.3, -0.25) is 4.79 Å². The van der Waals surface area contributed by atoms with Gasteiger partial charge in [0.2, 0.25) is 0 Å². The Labute approximate surface area is 86.5 Å². The number of hydrogen-bond donors (Lipinski definition) is 1. The molecule has 1 aromatic heterocycles. The number of aryl methyl sites for hydroxylation is 1. The highest BCUT2D eigenvalue weighted by Gasteiger charge is 2.12. The van der Waals surface area contributed by atoms with Gasteiger partial charge in [0.05, 0.1) is 12.2 Å². The molecule has 1 aliphatic heterocycles. The molecular formula is C9H13N3OS. The third-order valence-electron chi connectivity index (χ3n) is 2.25. The zero-order chi connectivity index (χ0) is 9.97. The first-order valence-electron chi connectivity index (χ1n) is 4.69. The first kappa shape index (κ1) is 9.73. The fourth-order valence-corrected chi connectivity index (χ4v) is 2.49. The standard InChI is InChI=1S/C9H13N3OS/c10-2-3-12-9(13)5-7-6-14-4-1-8(7)11-12/h5H,1-4,6,10H2. The molecule has 0 unspecified atom stereocenters. The fourth-order valence-electron chi connectivity index (χ4n) is 1.54. The van der Waals surface area contributed by atoms with Gasteiger partial charge in [0, 0.05) is 24.8 Å². The van der Waals surface area contributed by atoms with Crippen molar-refractivity contribution >= 4 is 11.8 Å². The lowest BCUT2D eigenvalue weighted by molar-refractivity contribution is 0.570. The Morgan fingerprint density at radius 1 is 1.64 bits per heavy atom. The fraction of sp³-hybridized carbons (Fsp3) is 0.556. The number of nitrogens with two attached hydrogens (primary N) is 1. The first-order valence-corrected chi connectivity index (χ1v) is 5.84. The van der Waals surface area contributed by atoms with Crippen molar-refractivity contribution in [2.45, 2.75) is 18.7 Å². The summed E-state index contributed by atoms with van der Waals surface area (Å²) in [6, 6.07) is 1.70. The number of thioether (sulfide) groups is 1. The Hall–Kier alpha value is -0.810. The van der Waals surface area contributed by atoms with E-state index in [0.717, 1.165) is 29.2 Å². The molecule has 1 aromatic rings. The van der Waals surface area contributed by atoms with Crippen molar-refractivity contribution in [2.75, 3.05) is 12.3 Å². The SMILES string of the molecule is NCCn1nc2c(cc1=O)CSCC2. The van der Waals surface area contributed by atoms with Crippen LogP contribution in [-0.4, -0.2) is 22.1 Å². The molecule has 2 heterocycles. The molecule has 2 rings (SSSR count). The number of nitrogens with zero attached hydrogens (tertiary/aromatic N) is 2. The molecule has 14 heavy (non-hydrogen) atoms. The smallest absolute Gasteiger partial charge is 0.267 e. The summed E-state index contributed by atoms with van der Waals surface area (Å²) >= 11 is 1.85. The molecule has 0 fully saturated rings. The summed E-state index contributed by atoms with van der Waals surface area (Å²) in [6.45, 7) is 0.972. The lowest BCUT2D eigenvalue weighted by atomic mass is 10.2. The van der Waals surface area contributed by atoms with E-state index in [2.05, 4.69) is 5.10 Å². The minimum atomic E-state index is -0.0308. The molecule has 0 spiro atoms. The maximum absolute atomic E-state index is 11.5. The Bertz CT molecular complexity index is 388. The second-order valence-corrected chi connectivity index (χ2v) is 4.37. The van der Waals surface area contributed by atoms with Crippen molar-refractivity contribution in [1.82, 2.24) is 9.78 Å². The third-order valence-corrected chi connectivity index (χ3v) is 3.25. The van der Waals surface area contributed by atoms with E-state index < -0.39 is 0 Å². The highest BCUT2D eigenvalue weighted by Crippen LogP contribution is 2.20. The van der Waals surface area contributed by atoms with Gasteiger partial charge in [-0.1, -0.05) is 0 Å². The Morgan fingerprint density at radius 3 is 3.29 bits per heavy atom. The molecular weight excluding hydrogens is 198 g/mol. The molecule has 2 N–H and O–H groups in total. The minimum Gasteiger partial charge on any atom is -0.329 e. The van der Waals surface area contributed by atoms with Crippen molar-refractivity contribution in [3.8, 4) is 0 Å². The van der Waals surface area contributed by atoms with E-state index in [-0.39, 0.29) is 5.56 Å². The van der Waals surface area contributed by atoms with Crippen molar-refractivity contribution in [1.29, 1.82) is 0 Å². The van der Waals surface area contributed by atoms with Crippen LogP contribution in [0.3, 0.4) is 0 Å². The van der Waals surface area contributed by atoms with E-state index in [9.17, 15) is 4.79 Å². The highest BCUT2D eigenvalue weighted by atomic mass is 32.2. The molecule has 0 bridgehead atoms. The van der Waals surface area contributed by atoms with Crippen LogP contribution in [0.5, 0.6) is 0 Å². The molecule has 0 atom stereocenters. The number of aromatic nitrogens is 2. The largest absolute Gasteiger partial charge is 0.329 e. The van der Waals surface area contributed by atoms with E-state index >= 15 is 0 Å². The van der Waals surface area contributed by atoms with Gasteiger partial charge >= 0.3 is 0 Å². The van der Waals surface area contributed by atoms with Gasteiger partial charge in [0.25, 0.3) is 5.56 Å². The summed E-state index contributed by atoms with van der Waals surface area (Å²) in [5.74, 6) is 2.02. The minimum absolute atomic E-state index is 0.0308. The summed E-state index contributed by atoms with van der Waals surface area (Å²) in [5.41, 5.74) is 7.53. The summed E-state index contributed by atoms with van der Waals surface area (Å²) in [4.78, 5) is 11.5. The molecule has 4 nitrogen and oxygen atoms in total. The number of hydrogen-bond acceptors (Lipinski definition) is 4. The van der Waals surface area contributed by atoms with Gasteiger partial charge in [-0.25, -0.2) is 4.68 Å². The number of rotatable bonds is 2. The average Bonchev–Trinajstić information content (AvgIpc) is 2.19. The molecule has 0 aromatic carbocycles. The molecule has 0 saturated heterocycles. The Balaban J connectivity index is 2.40. The summed E-state index contributed by atoms with van der Waals surface area (Å²) in [7, 11) is 0. The second-order valence-electron chi connectivity index (χ2n) is 3.27. The second kappa shape index (κ2) is 4.14. The molecule has 0 radical (unpaired) electrons. The lowest BCUT2D eigenvalue weighted by Gasteiger charge is -2.15. The van der Waals surface area contributed by atoms with Crippen LogP contribution in [0.2, 0.25) is 0 Å². The quantitative estimate of drug-likeness (QED) is 0.747. The third kappa shape index (κ3) is 1.83. The molecule has 0 amide bonds. The predicted octanol–water partition coefficient (Wildman–Crippen LogP) is -0.00870. The van der Waals surface area contributed by atoms with E-state index in [0.29, 0.717) is 13.1 Å². The summed E-state index contributed by atoms with van der Waals surface area (Å²) < 4.78 is 1.47. The Kier molecular flexibility index (Phi) is 2.88. The van der Waals surface area contributed by atoms with E-state index in [1.165, 1.54) is 4.68 Å². The van der Waals surface area contributed by atoms with Crippen LogP contribution in [-0.2, 0) is 18.7 Å². The van der Waals surface area contributed by atoms with E-state index in [4.69, 9.17) is 5.73 Å². The molecule has 0 saturated carbocycles. The van der Waals surface area contributed by atoms with Crippen LogP contribution in [0.1, 0.15) is 11.3 Å². The topological polar surface area (TPSA) is 60.9 Å². The van der Waals surface area contributed by atoms with Crippen molar-refractivity contribution in [3.05, 3.63) is 27.7 Å². The Morgan fingerprint density at radius 2 is 2.50 bits per heavy atom. The highest BCUT2D eigenvalue weighted by molar-refractivity contribution is 7.98. The van der Waals surface area contributed by atoms with Gasteiger partial charge in [-0.15, -0.1) is 0 Å². The predicted molar refractivity (Wildman–Crippen MR) is 57.4 cm³/mol. The van der Waals surface area contributed by atoms with Crippen LogP contribution in [0, 0.1) is 0 Å². The lowest BCUT2D eigenvalue weighted by Crippen LogP contribution is -2.28. The first-order chi connectivity index (χ1) is 6.81. The van der Waals surface area contributed by atoms with Gasteiger partial charge < -0.3 is 5.73 Å². The average molecular weight is 211 g/mol. The monoisotopic (exact) mass is 211 g/mol. The van der Waals surface area contributed by atoms with Crippen LogP contribution in [0.25, 0.3) is 0 Å². The molecule has 76 valence electrons. The van der Waals surface area contributed by atoms with Crippen molar-refractivity contribution in [2.24, 2.45) is 5.73 Å². The van der Waals surface area contributed by atoms with Crippen LogP contribution in [0.15, 0.2) is 10.9 Å². The van der Waals surface area contributed by atoms with E-state index in [1.54, 1.807) is 6.07 Å².